The third-order valence-electron chi connectivity index (χ3n) is 2.09. The van der Waals surface area contributed by atoms with Crippen molar-refractivity contribution < 1.29 is 20.1 Å². The first-order valence-corrected chi connectivity index (χ1v) is 4.86. The van der Waals surface area contributed by atoms with E-state index in [-0.39, 0.29) is 25.4 Å². The molecule has 7 nitrogen and oxygen atoms in total. The third-order valence-corrected chi connectivity index (χ3v) is 2.09. The Bertz CT molecular complexity index is 320. The Balaban J connectivity index is 0.00000256. The fourth-order valence-electron chi connectivity index (χ4n) is 1.21. The first-order chi connectivity index (χ1) is 7.63. The van der Waals surface area contributed by atoms with Gasteiger partial charge in [0.15, 0.2) is 0 Å². The summed E-state index contributed by atoms with van der Waals surface area (Å²) < 4.78 is 0. The van der Waals surface area contributed by atoms with Crippen LogP contribution in [0.4, 0.5) is 0 Å². The number of rotatable bonds is 7. The number of aliphatic hydroxyl groups excluding tert-OH is 2. The molecule has 0 bridgehead atoms. The largest absolute Gasteiger partial charge is 0.480 e. The zero-order chi connectivity index (χ0) is 12.0. The van der Waals surface area contributed by atoms with E-state index in [0.717, 1.165) is 0 Å². The molecule has 2 unspecified atom stereocenters. The molecule has 2 atom stereocenters. The van der Waals surface area contributed by atoms with Crippen molar-refractivity contribution in [3.63, 3.8) is 0 Å². The van der Waals surface area contributed by atoms with Gasteiger partial charge in [-0.3, -0.25) is 4.79 Å². The molecule has 0 aliphatic heterocycles. The maximum Gasteiger partial charge on any atom is 0.321 e. The summed E-state index contributed by atoms with van der Waals surface area (Å²) in [4.78, 5) is 17.5. The summed E-state index contributed by atoms with van der Waals surface area (Å²) in [5.41, 5.74) is 0.693. The molecule has 17 heavy (non-hydrogen) atoms. The number of nitrogens with zero attached hydrogens (tertiary/aromatic N) is 1. The second-order valence-corrected chi connectivity index (χ2v) is 3.42. The smallest absolute Gasteiger partial charge is 0.321 e. The Labute approximate surface area is 104 Å². The van der Waals surface area contributed by atoms with Gasteiger partial charge in [0.1, 0.15) is 6.04 Å². The van der Waals surface area contributed by atoms with Crippen molar-refractivity contribution in [2.24, 2.45) is 0 Å². The number of carboxylic acids is 1. The Kier molecular flexibility index (Phi) is 7.47. The van der Waals surface area contributed by atoms with Gasteiger partial charge in [-0.1, -0.05) is 0 Å². The highest BCUT2D eigenvalue weighted by atomic mass is 35.5. The zero-order valence-corrected chi connectivity index (χ0v) is 9.85. The lowest BCUT2D eigenvalue weighted by atomic mass is 10.1. The monoisotopic (exact) mass is 265 g/mol. The SMILES string of the molecule is Cl.O=C(O)C(Cc1cnc[nH]1)NCC(O)CO. The van der Waals surface area contributed by atoms with E-state index < -0.39 is 24.7 Å². The van der Waals surface area contributed by atoms with Crippen LogP contribution in [0.1, 0.15) is 5.69 Å². The molecule has 0 aromatic carbocycles. The Hall–Kier alpha value is -1.15. The summed E-state index contributed by atoms with van der Waals surface area (Å²) in [6, 6.07) is -0.818. The van der Waals surface area contributed by atoms with Crippen molar-refractivity contribution >= 4 is 18.4 Å². The van der Waals surface area contributed by atoms with Crippen LogP contribution < -0.4 is 5.32 Å². The summed E-state index contributed by atoms with van der Waals surface area (Å²) in [7, 11) is 0. The number of carboxylic acid groups (broad SMARTS) is 1. The number of H-pyrrole nitrogens is 1. The van der Waals surface area contributed by atoms with Crippen LogP contribution >= 0.6 is 12.4 Å². The van der Waals surface area contributed by atoms with Gasteiger partial charge in [0.05, 0.1) is 19.0 Å². The summed E-state index contributed by atoms with van der Waals surface area (Å²) in [6.07, 6.45) is 2.30. The van der Waals surface area contributed by atoms with Gasteiger partial charge in [-0.15, -0.1) is 12.4 Å². The number of imidazole rings is 1. The maximum absolute atomic E-state index is 10.9. The van der Waals surface area contributed by atoms with Crippen LogP contribution in [0.2, 0.25) is 0 Å². The fraction of sp³-hybridized carbons (Fsp3) is 0.556. The number of aromatic amines is 1. The number of hydrogen-bond donors (Lipinski definition) is 5. The topological polar surface area (TPSA) is 118 Å². The summed E-state index contributed by atoms with van der Waals surface area (Å²) in [5.74, 6) is -1.01. The molecule has 1 aromatic heterocycles. The van der Waals surface area contributed by atoms with Crippen molar-refractivity contribution in [1.82, 2.24) is 15.3 Å². The highest BCUT2D eigenvalue weighted by molar-refractivity contribution is 5.85. The number of halogens is 1. The summed E-state index contributed by atoms with van der Waals surface area (Å²) >= 11 is 0. The van der Waals surface area contributed by atoms with Gasteiger partial charge in [-0.25, -0.2) is 4.98 Å². The molecule has 0 spiro atoms. The van der Waals surface area contributed by atoms with E-state index in [4.69, 9.17) is 15.3 Å². The van der Waals surface area contributed by atoms with Crippen LogP contribution in [0.3, 0.4) is 0 Å². The molecule has 0 amide bonds. The molecule has 5 N–H and O–H groups in total. The van der Waals surface area contributed by atoms with Crippen LogP contribution in [-0.4, -0.2) is 56.6 Å². The van der Waals surface area contributed by atoms with Gasteiger partial charge in [0.2, 0.25) is 0 Å². The number of hydrogen-bond acceptors (Lipinski definition) is 5. The molecule has 0 saturated carbocycles. The van der Waals surface area contributed by atoms with Gasteiger partial charge in [0.25, 0.3) is 0 Å². The van der Waals surface area contributed by atoms with Crippen LogP contribution in [-0.2, 0) is 11.2 Å². The number of aliphatic hydroxyl groups is 2. The van der Waals surface area contributed by atoms with Gasteiger partial charge >= 0.3 is 5.97 Å². The summed E-state index contributed by atoms with van der Waals surface area (Å²) in [5, 5.41) is 29.2. The van der Waals surface area contributed by atoms with Crippen molar-refractivity contribution in [1.29, 1.82) is 0 Å². The molecule has 1 aromatic rings. The van der Waals surface area contributed by atoms with Crippen LogP contribution in [0.5, 0.6) is 0 Å². The quantitative estimate of drug-likeness (QED) is 0.421. The first kappa shape index (κ1) is 15.9. The van der Waals surface area contributed by atoms with E-state index in [1.165, 1.54) is 6.33 Å². The second-order valence-electron chi connectivity index (χ2n) is 3.42. The van der Waals surface area contributed by atoms with Gasteiger partial charge in [-0.2, -0.15) is 0 Å². The minimum Gasteiger partial charge on any atom is -0.480 e. The molecule has 0 fully saturated rings. The lowest BCUT2D eigenvalue weighted by Gasteiger charge is -2.15. The minimum absolute atomic E-state index is 0. The van der Waals surface area contributed by atoms with Gasteiger partial charge < -0.3 is 25.6 Å². The van der Waals surface area contributed by atoms with Crippen molar-refractivity contribution in [3.8, 4) is 0 Å². The van der Waals surface area contributed by atoms with Crippen molar-refractivity contribution in [2.75, 3.05) is 13.2 Å². The number of nitrogens with one attached hydrogen (secondary N) is 2. The molecule has 0 aliphatic carbocycles. The minimum atomic E-state index is -1.01. The van der Waals surface area contributed by atoms with Crippen LogP contribution in [0.25, 0.3) is 0 Å². The lowest BCUT2D eigenvalue weighted by Crippen LogP contribution is -2.43. The standard InChI is InChI=1S/C9H15N3O4.ClH/c13-4-7(14)3-11-8(9(15)16)1-6-2-10-5-12-6;/h2,5,7-8,11,13-14H,1,3-4H2,(H,10,12)(H,15,16);1H. The normalized spacial score (nSPS) is 13.8. The van der Waals surface area contributed by atoms with E-state index in [2.05, 4.69) is 15.3 Å². The van der Waals surface area contributed by atoms with Gasteiger partial charge in [0, 0.05) is 24.9 Å². The van der Waals surface area contributed by atoms with Crippen LogP contribution in [0, 0.1) is 0 Å². The molecular weight excluding hydrogens is 250 g/mol. The number of aromatic nitrogens is 2. The Morgan fingerprint density at radius 2 is 2.29 bits per heavy atom. The predicted octanol–water partition coefficient (Wildman–Crippen LogP) is -1.23. The molecule has 8 heteroatoms. The van der Waals surface area contributed by atoms with E-state index in [9.17, 15) is 4.79 Å². The fourth-order valence-corrected chi connectivity index (χ4v) is 1.21. The lowest BCUT2D eigenvalue weighted by molar-refractivity contribution is -0.139. The Morgan fingerprint density at radius 1 is 1.59 bits per heavy atom. The van der Waals surface area contributed by atoms with Gasteiger partial charge in [-0.05, 0) is 0 Å². The van der Waals surface area contributed by atoms with E-state index >= 15 is 0 Å². The molecule has 1 heterocycles. The van der Waals surface area contributed by atoms with Crippen molar-refractivity contribution in [2.45, 2.75) is 18.6 Å². The molecule has 0 saturated heterocycles. The Morgan fingerprint density at radius 3 is 2.76 bits per heavy atom. The second kappa shape index (κ2) is 8.02. The van der Waals surface area contributed by atoms with E-state index in [0.29, 0.717) is 5.69 Å². The molecule has 1 rings (SSSR count). The first-order valence-electron chi connectivity index (χ1n) is 4.86. The van der Waals surface area contributed by atoms with Crippen LogP contribution in [0.15, 0.2) is 12.5 Å². The average molecular weight is 266 g/mol. The molecular formula is C9H16ClN3O4. The van der Waals surface area contributed by atoms with E-state index in [1.54, 1.807) is 6.20 Å². The number of aliphatic carboxylic acids is 1. The van der Waals surface area contributed by atoms with E-state index in [1.807, 2.05) is 0 Å². The average Bonchev–Trinajstić information content (AvgIpc) is 2.75. The summed E-state index contributed by atoms with van der Waals surface area (Å²) in [6.45, 7) is -0.370. The molecule has 98 valence electrons. The maximum atomic E-state index is 10.9. The zero-order valence-electron chi connectivity index (χ0n) is 9.04. The predicted molar refractivity (Wildman–Crippen MR) is 62.1 cm³/mol. The third kappa shape index (κ3) is 5.64. The van der Waals surface area contributed by atoms with Crippen molar-refractivity contribution in [3.05, 3.63) is 18.2 Å². The molecule has 0 aliphatic rings. The highest BCUT2D eigenvalue weighted by Crippen LogP contribution is 1.98. The highest BCUT2D eigenvalue weighted by Gasteiger charge is 2.18. The molecule has 0 radical (unpaired) electrons. The number of carbonyl (C=O) groups is 1.